The van der Waals surface area contributed by atoms with Gasteiger partial charge < -0.3 is 19.7 Å². The zero-order chi connectivity index (χ0) is 16.8. The maximum atomic E-state index is 13.4. The molecule has 1 aromatic carbocycles. The molecule has 2 aromatic rings. The molecule has 1 amide bonds. The summed E-state index contributed by atoms with van der Waals surface area (Å²) in [5.74, 6) is -0.482. The third-order valence-corrected chi connectivity index (χ3v) is 2.82. The maximum absolute atomic E-state index is 13.4. The molecule has 0 aliphatic heterocycles. The molecule has 0 saturated carbocycles. The Bertz CT molecular complexity index is 694. The molecule has 1 N–H and O–H groups in total. The number of carbonyl (C=O) groups excluding carboxylic acids is 1. The molecule has 8 heteroatoms. The predicted octanol–water partition coefficient (Wildman–Crippen LogP) is 1.71. The standard InChI is InChI=1S/C15H17FN4O3/c1-20(2)14-11(8-17-15(19-14)22-3)18-13(21)9-23-12-7-5-4-6-10(12)16/h4-8H,9H2,1-3H3,(H,18,21). The van der Waals surface area contributed by atoms with Crippen LogP contribution in [0.5, 0.6) is 11.8 Å². The van der Waals surface area contributed by atoms with Crippen molar-refractivity contribution in [1.82, 2.24) is 9.97 Å². The van der Waals surface area contributed by atoms with Crippen molar-refractivity contribution in [2.75, 3.05) is 38.0 Å². The summed E-state index contributed by atoms with van der Waals surface area (Å²) in [6, 6.07) is 6.06. The number of methoxy groups -OCH3 is 1. The van der Waals surface area contributed by atoms with Gasteiger partial charge in [-0.15, -0.1) is 0 Å². The Morgan fingerprint density at radius 1 is 1.35 bits per heavy atom. The molecule has 23 heavy (non-hydrogen) atoms. The molecule has 0 bridgehead atoms. The van der Waals surface area contributed by atoms with Crippen molar-refractivity contribution in [2.45, 2.75) is 0 Å². The summed E-state index contributed by atoms with van der Waals surface area (Å²) in [4.78, 5) is 21.8. The van der Waals surface area contributed by atoms with E-state index in [1.807, 2.05) is 0 Å². The Labute approximate surface area is 133 Å². The lowest BCUT2D eigenvalue weighted by molar-refractivity contribution is -0.118. The molecular weight excluding hydrogens is 303 g/mol. The lowest BCUT2D eigenvalue weighted by Crippen LogP contribution is -2.23. The van der Waals surface area contributed by atoms with Crippen molar-refractivity contribution in [3.8, 4) is 11.8 Å². The lowest BCUT2D eigenvalue weighted by atomic mass is 10.3. The zero-order valence-electron chi connectivity index (χ0n) is 13.0. The first-order chi connectivity index (χ1) is 11.0. The fourth-order valence-corrected chi connectivity index (χ4v) is 1.78. The minimum Gasteiger partial charge on any atom is -0.481 e. The van der Waals surface area contributed by atoms with E-state index in [1.165, 1.54) is 25.4 Å². The summed E-state index contributed by atoms with van der Waals surface area (Å²) in [7, 11) is 5.00. The van der Waals surface area contributed by atoms with E-state index in [-0.39, 0.29) is 18.4 Å². The van der Waals surface area contributed by atoms with Crippen LogP contribution in [0.4, 0.5) is 15.9 Å². The van der Waals surface area contributed by atoms with Gasteiger partial charge in [0.05, 0.1) is 13.3 Å². The monoisotopic (exact) mass is 320 g/mol. The number of rotatable bonds is 6. The first-order valence-electron chi connectivity index (χ1n) is 6.76. The van der Waals surface area contributed by atoms with E-state index in [0.29, 0.717) is 11.5 Å². The molecule has 1 aromatic heterocycles. The Hall–Kier alpha value is -2.90. The maximum Gasteiger partial charge on any atom is 0.318 e. The van der Waals surface area contributed by atoms with Crippen LogP contribution in [0.15, 0.2) is 30.5 Å². The number of halogens is 1. The molecule has 0 fully saturated rings. The summed E-state index contributed by atoms with van der Waals surface area (Å²) in [6.07, 6.45) is 1.43. The van der Waals surface area contributed by atoms with Gasteiger partial charge in [0.2, 0.25) is 0 Å². The van der Waals surface area contributed by atoms with E-state index in [1.54, 1.807) is 31.1 Å². The molecule has 0 atom stereocenters. The normalized spacial score (nSPS) is 10.1. The van der Waals surface area contributed by atoms with Crippen LogP contribution in [0.25, 0.3) is 0 Å². The summed E-state index contributed by atoms with van der Waals surface area (Å²) < 4.78 is 23.5. The summed E-state index contributed by atoms with van der Waals surface area (Å²) in [5.41, 5.74) is 0.401. The average molecular weight is 320 g/mol. The number of nitrogens with one attached hydrogen (secondary N) is 1. The first-order valence-corrected chi connectivity index (χ1v) is 6.76. The molecule has 0 aliphatic rings. The first kappa shape index (κ1) is 16.5. The van der Waals surface area contributed by atoms with E-state index in [4.69, 9.17) is 9.47 Å². The second-order valence-corrected chi connectivity index (χ2v) is 4.76. The summed E-state index contributed by atoms with van der Waals surface area (Å²) in [5, 5.41) is 2.62. The number of nitrogens with zero attached hydrogens (tertiary/aromatic N) is 3. The van der Waals surface area contributed by atoms with Crippen LogP contribution in [0.1, 0.15) is 0 Å². The van der Waals surface area contributed by atoms with Gasteiger partial charge in [-0.1, -0.05) is 12.1 Å². The van der Waals surface area contributed by atoms with Gasteiger partial charge in [0, 0.05) is 14.1 Å². The fraction of sp³-hybridized carbons (Fsp3) is 0.267. The fourth-order valence-electron chi connectivity index (χ4n) is 1.78. The number of carbonyl (C=O) groups is 1. The zero-order valence-corrected chi connectivity index (χ0v) is 13.0. The average Bonchev–Trinajstić information content (AvgIpc) is 2.54. The highest BCUT2D eigenvalue weighted by atomic mass is 19.1. The highest BCUT2D eigenvalue weighted by molar-refractivity contribution is 5.94. The molecule has 122 valence electrons. The van der Waals surface area contributed by atoms with E-state index >= 15 is 0 Å². The van der Waals surface area contributed by atoms with Gasteiger partial charge >= 0.3 is 6.01 Å². The van der Waals surface area contributed by atoms with E-state index in [2.05, 4.69) is 15.3 Å². The SMILES string of the molecule is COc1ncc(NC(=O)COc2ccccc2F)c(N(C)C)n1. The third-order valence-electron chi connectivity index (χ3n) is 2.82. The van der Waals surface area contributed by atoms with Gasteiger partial charge in [0.25, 0.3) is 5.91 Å². The molecule has 0 radical (unpaired) electrons. The van der Waals surface area contributed by atoms with Gasteiger partial charge in [-0.3, -0.25) is 4.79 Å². The van der Waals surface area contributed by atoms with Crippen LogP contribution < -0.4 is 19.7 Å². The molecule has 0 aliphatic carbocycles. The topological polar surface area (TPSA) is 76.6 Å². The molecule has 0 spiro atoms. The van der Waals surface area contributed by atoms with Crippen LogP contribution >= 0.6 is 0 Å². The van der Waals surface area contributed by atoms with Crippen LogP contribution in [0.3, 0.4) is 0 Å². The van der Waals surface area contributed by atoms with Crippen molar-refractivity contribution in [2.24, 2.45) is 0 Å². The molecule has 7 nitrogen and oxygen atoms in total. The van der Waals surface area contributed by atoms with Gasteiger partial charge in [0.1, 0.15) is 5.69 Å². The van der Waals surface area contributed by atoms with Gasteiger partial charge in [0.15, 0.2) is 24.0 Å². The number of anilines is 2. The number of amides is 1. The van der Waals surface area contributed by atoms with Crippen molar-refractivity contribution in [3.05, 3.63) is 36.3 Å². The van der Waals surface area contributed by atoms with Crippen molar-refractivity contribution in [1.29, 1.82) is 0 Å². The van der Waals surface area contributed by atoms with E-state index in [9.17, 15) is 9.18 Å². The van der Waals surface area contributed by atoms with Crippen molar-refractivity contribution < 1.29 is 18.7 Å². The van der Waals surface area contributed by atoms with Crippen LogP contribution in [0, 0.1) is 5.82 Å². The largest absolute Gasteiger partial charge is 0.481 e. The Kier molecular flexibility index (Phi) is 5.29. The van der Waals surface area contributed by atoms with Gasteiger partial charge in [-0.2, -0.15) is 4.98 Å². The van der Waals surface area contributed by atoms with E-state index in [0.717, 1.165) is 0 Å². The molecule has 1 heterocycles. The van der Waals surface area contributed by atoms with Crippen LogP contribution in [0.2, 0.25) is 0 Å². The molecular formula is C15H17FN4O3. The minimum absolute atomic E-state index is 0.0152. The van der Waals surface area contributed by atoms with Crippen LogP contribution in [-0.2, 0) is 4.79 Å². The van der Waals surface area contributed by atoms with Gasteiger partial charge in [-0.25, -0.2) is 9.37 Å². The number of hydrogen-bond donors (Lipinski definition) is 1. The second-order valence-electron chi connectivity index (χ2n) is 4.76. The summed E-state index contributed by atoms with van der Waals surface area (Å²) >= 11 is 0. The highest BCUT2D eigenvalue weighted by Crippen LogP contribution is 2.23. The minimum atomic E-state index is -0.526. The summed E-state index contributed by atoms with van der Waals surface area (Å²) in [6.45, 7) is -0.334. The highest BCUT2D eigenvalue weighted by Gasteiger charge is 2.13. The predicted molar refractivity (Wildman–Crippen MR) is 83.4 cm³/mol. The van der Waals surface area contributed by atoms with Gasteiger partial charge in [-0.05, 0) is 12.1 Å². The Balaban J connectivity index is 2.04. The van der Waals surface area contributed by atoms with E-state index < -0.39 is 11.7 Å². The lowest BCUT2D eigenvalue weighted by Gasteiger charge is -2.16. The quantitative estimate of drug-likeness (QED) is 0.873. The second kappa shape index (κ2) is 7.39. The molecule has 0 unspecified atom stereocenters. The Morgan fingerprint density at radius 2 is 2.09 bits per heavy atom. The number of para-hydroxylation sites is 1. The van der Waals surface area contributed by atoms with Crippen molar-refractivity contribution in [3.63, 3.8) is 0 Å². The third kappa shape index (κ3) is 4.29. The number of benzene rings is 1. The smallest absolute Gasteiger partial charge is 0.318 e. The van der Waals surface area contributed by atoms with Crippen molar-refractivity contribution >= 4 is 17.4 Å². The Morgan fingerprint density at radius 3 is 2.74 bits per heavy atom. The number of ether oxygens (including phenoxy) is 2. The number of aromatic nitrogens is 2. The molecule has 2 rings (SSSR count). The van der Waals surface area contributed by atoms with Crippen LogP contribution in [-0.4, -0.2) is 43.7 Å². The number of hydrogen-bond acceptors (Lipinski definition) is 6. The molecule has 0 saturated heterocycles.